The number of benzene rings is 2. The van der Waals surface area contributed by atoms with E-state index in [0.717, 1.165) is 39.9 Å². The molecule has 0 saturated heterocycles. The van der Waals surface area contributed by atoms with Crippen LogP contribution in [0.4, 0.5) is 28.7 Å². The fourth-order valence-corrected chi connectivity index (χ4v) is 5.41. The average Bonchev–Trinajstić information content (AvgIpc) is 3.22. The maximum absolute atomic E-state index is 13.6. The van der Waals surface area contributed by atoms with Crippen LogP contribution in [0.1, 0.15) is 23.5 Å². The van der Waals surface area contributed by atoms with Crippen LogP contribution in [-0.4, -0.2) is 43.2 Å². The second-order valence-corrected chi connectivity index (χ2v) is 10.6. The molecular weight excluding hydrogens is 521 g/mol. The van der Waals surface area contributed by atoms with Gasteiger partial charge in [-0.15, -0.1) is 11.3 Å². The number of halogens is 3. The lowest BCUT2D eigenvalue weighted by molar-refractivity contribution is 0.155. The highest BCUT2D eigenvalue weighted by Crippen LogP contribution is 2.32. The number of amides is 1. The van der Waals surface area contributed by atoms with Gasteiger partial charge in [-0.1, -0.05) is 17.3 Å². The summed E-state index contributed by atoms with van der Waals surface area (Å²) in [5.74, 6) is -2.33. The van der Waals surface area contributed by atoms with Crippen LogP contribution in [0.5, 0.6) is 0 Å². The molecule has 36 heavy (non-hydrogen) atoms. The first-order chi connectivity index (χ1) is 16.9. The summed E-state index contributed by atoms with van der Waals surface area (Å²) in [6, 6.07) is 8.75. The first-order valence-corrected chi connectivity index (χ1v) is 12.4. The van der Waals surface area contributed by atoms with E-state index in [4.69, 9.17) is 5.73 Å². The summed E-state index contributed by atoms with van der Waals surface area (Å²) in [5, 5.41) is 15.9. The molecule has 2 aromatic carbocycles. The molecule has 1 heterocycles. The summed E-state index contributed by atoms with van der Waals surface area (Å²) in [6.07, 6.45) is -2.38. The normalized spacial score (nSPS) is 13.0. The number of carbonyl (C=O) groups excluding carboxylic acids is 1. The predicted molar refractivity (Wildman–Crippen MR) is 129 cm³/mol. The number of nitrogens with one attached hydrogen (secondary N) is 1. The Bertz CT molecular complexity index is 1400. The van der Waals surface area contributed by atoms with Gasteiger partial charge < -0.3 is 10.8 Å². The number of nitrogens with two attached hydrogens (primary N) is 1. The third-order valence-electron chi connectivity index (χ3n) is 4.89. The number of anilines is 2. The minimum absolute atomic E-state index is 0.0690. The summed E-state index contributed by atoms with van der Waals surface area (Å²) < 4.78 is 66.6. The highest BCUT2D eigenvalue weighted by molar-refractivity contribution is 7.89. The topological polar surface area (TPSA) is 134 Å². The Hall–Kier alpha value is -3.46. The summed E-state index contributed by atoms with van der Waals surface area (Å²) in [4.78, 5) is 16.6. The van der Waals surface area contributed by atoms with Crippen molar-refractivity contribution in [3.8, 4) is 0 Å². The molecule has 3 rings (SSSR count). The third kappa shape index (κ3) is 6.40. The molecule has 0 radical (unpaired) electrons. The summed E-state index contributed by atoms with van der Waals surface area (Å²) in [7, 11) is -2.88. The Morgan fingerprint density at radius 1 is 1.17 bits per heavy atom. The minimum atomic E-state index is -4.14. The van der Waals surface area contributed by atoms with E-state index in [9.17, 15) is 31.5 Å². The average molecular weight is 543 g/mol. The van der Waals surface area contributed by atoms with E-state index in [2.05, 4.69) is 15.3 Å². The van der Waals surface area contributed by atoms with Crippen molar-refractivity contribution in [1.82, 2.24) is 4.31 Å². The van der Waals surface area contributed by atoms with Gasteiger partial charge >= 0.3 is 6.09 Å². The standard InChI is InChI=1S/C22H21F3N4O5S2/c1-12(28-34-22(31)27-17-8-7-15(24)9-16(17)25)19-10-20(21(26)35-19)36(32,33)29(2)11-18(30)13-3-5-14(23)6-4-13/h3-10,18,30H,11,26H2,1-2H3,(H,27,31). The van der Waals surface area contributed by atoms with Crippen LogP contribution in [0.2, 0.25) is 0 Å². The molecule has 0 saturated carbocycles. The first kappa shape index (κ1) is 27.1. The maximum Gasteiger partial charge on any atom is 0.437 e. The van der Waals surface area contributed by atoms with Gasteiger partial charge in [-0.3, -0.25) is 10.2 Å². The van der Waals surface area contributed by atoms with Gasteiger partial charge in [0, 0.05) is 19.7 Å². The van der Waals surface area contributed by atoms with Crippen molar-refractivity contribution < 1.29 is 36.3 Å². The van der Waals surface area contributed by atoms with Crippen LogP contribution in [0, 0.1) is 17.5 Å². The van der Waals surface area contributed by atoms with E-state index in [0.29, 0.717) is 11.6 Å². The number of rotatable bonds is 8. The molecular formula is C22H21F3N4O5S2. The highest BCUT2D eigenvalue weighted by Gasteiger charge is 2.28. The maximum atomic E-state index is 13.6. The molecule has 0 fully saturated rings. The number of thiophene rings is 1. The van der Waals surface area contributed by atoms with Crippen molar-refractivity contribution >= 4 is 43.9 Å². The number of hydrogen-bond acceptors (Lipinski definition) is 8. The Labute approximate surface area is 208 Å². The van der Waals surface area contributed by atoms with Gasteiger partial charge in [-0.05, 0) is 42.8 Å². The molecule has 0 aliphatic carbocycles. The predicted octanol–water partition coefficient (Wildman–Crippen LogP) is 4.07. The number of aliphatic hydroxyl groups excluding tert-OH is 1. The minimum Gasteiger partial charge on any atom is -0.389 e. The quantitative estimate of drug-likeness (QED) is 0.223. The molecule has 1 atom stereocenters. The molecule has 14 heteroatoms. The SMILES string of the molecule is CC(=NOC(=O)Nc1ccc(F)cc1F)c1cc(S(=O)(=O)N(C)CC(O)c2ccc(F)cc2)c(N)s1. The lowest BCUT2D eigenvalue weighted by atomic mass is 10.1. The van der Waals surface area contributed by atoms with Gasteiger partial charge in [0.05, 0.1) is 22.4 Å². The Kier molecular flexibility index (Phi) is 8.35. The van der Waals surface area contributed by atoms with Crippen molar-refractivity contribution in [2.24, 2.45) is 5.16 Å². The number of hydrogen-bond donors (Lipinski definition) is 3. The second-order valence-electron chi connectivity index (χ2n) is 7.50. The molecule has 1 unspecified atom stereocenters. The summed E-state index contributed by atoms with van der Waals surface area (Å²) in [5.41, 5.74) is 6.01. The monoisotopic (exact) mass is 542 g/mol. The van der Waals surface area contributed by atoms with E-state index < -0.39 is 39.7 Å². The third-order valence-corrected chi connectivity index (χ3v) is 7.95. The molecule has 9 nitrogen and oxygen atoms in total. The molecule has 4 N–H and O–H groups in total. The number of nitrogen functional groups attached to an aromatic ring is 1. The zero-order valence-electron chi connectivity index (χ0n) is 18.9. The zero-order chi connectivity index (χ0) is 26.6. The zero-order valence-corrected chi connectivity index (χ0v) is 20.5. The van der Waals surface area contributed by atoms with Crippen LogP contribution in [0.15, 0.2) is 58.6 Å². The second kappa shape index (κ2) is 11.1. The van der Waals surface area contributed by atoms with E-state index in [1.165, 1.54) is 32.2 Å². The van der Waals surface area contributed by atoms with Gasteiger partial charge in [-0.25, -0.2) is 26.4 Å². The van der Waals surface area contributed by atoms with E-state index >= 15 is 0 Å². The smallest absolute Gasteiger partial charge is 0.389 e. The molecule has 192 valence electrons. The van der Waals surface area contributed by atoms with Crippen molar-refractivity contribution in [2.75, 3.05) is 24.6 Å². The van der Waals surface area contributed by atoms with Gasteiger partial charge in [0.2, 0.25) is 10.0 Å². The van der Waals surface area contributed by atoms with Gasteiger partial charge in [0.25, 0.3) is 0 Å². The lowest BCUT2D eigenvalue weighted by Crippen LogP contribution is -2.31. The number of carbonyl (C=O) groups is 1. The van der Waals surface area contributed by atoms with Crippen molar-refractivity contribution in [3.63, 3.8) is 0 Å². The summed E-state index contributed by atoms with van der Waals surface area (Å²) >= 11 is 0.867. The van der Waals surface area contributed by atoms with Crippen LogP contribution in [0.3, 0.4) is 0 Å². The highest BCUT2D eigenvalue weighted by atomic mass is 32.2. The molecule has 1 amide bonds. The van der Waals surface area contributed by atoms with E-state index in [1.807, 2.05) is 0 Å². The van der Waals surface area contributed by atoms with Crippen molar-refractivity contribution in [3.05, 3.63) is 76.4 Å². The van der Waals surface area contributed by atoms with Crippen LogP contribution < -0.4 is 11.1 Å². The lowest BCUT2D eigenvalue weighted by Gasteiger charge is -2.20. The molecule has 0 spiro atoms. The van der Waals surface area contributed by atoms with Gasteiger partial charge in [0.1, 0.15) is 27.3 Å². The van der Waals surface area contributed by atoms with Gasteiger partial charge in [0.15, 0.2) is 0 Å². The first-order valence-electron chi connectivity index (χ1n) is 10.2. The van der Waals surface area contributed by atoms with Crippen molar-refractivity contribution in [1.29, 1.82) is 0 Å². The molecule has 0 aliphatic rings. The summed E-state index contributed by atoms with van der Waals surface area (Å²) in [6.45, 7) is 1.10. The van der Waals surface area contributed by atoms with E-state index in [1.54, 1.807) is 0 Å². The number of likely N-dealkylation sites (N-methyl/N-ethyl adjacent to an activating group) is 1. The molecule has 3 aromatic rings. The molecule has 1 aromatic heterocycles. The number of oxime groups is 1. The number of aliphatic hydroxyl groups is 1. The molecule has 0 bridgehead atoms. The van der Waals surface area contributed by atoms with Crippen molar-refractivity contribution in [2.45, 2.75) is 17.9 Å². The fraction of sp³-hybridized carbons (Fsp3) is 0.182. The fourth-order valence-electron chi connectivity index (χ4n) is 2.95. The Morgan fingerprint density at radius 2 is 1.81 bits per heavy atom. The molecule has 0 aliphatic heterocycles. The largest absolute Gasteiger partial charge is 0.437 e. The van der Waals surface area contributed by atoms with E-state index in [-0.39, 0.29) is 32.7 Å². The van der Waals surface area contributed by atoms with Gasteiger partial charge in [-0.2, -0.15) is 4.31 Å². The van der Waals surface area contributed by atoms with Crippen LogP contribution in [-0.2, 0) is 14.9 Å². The van der Waals surface area contributed by atoms with Crippen LogP contribution in [0.25, 0.3) is 0 Å². The Morgan fingerprint density at radius 3 is 2.44 bits per heavy atom. The van der Waals surface area contributed by atoms with Crippen LogP contribution >= 0.6 is 11.3 Å². The Balaban J connectivity index is 1.69. The number of sulfonamides is 1. The number of nitrogens with zero attached hydrogens (tertiary/aromatic N) is 2.